The first-order valence-electron chi connectivity index (χ1n) is 15.4. The molecule has 4 aromatic rings. The number of alkyl halides is 3. The van der Waals surface area contributed by atoms with Crippen LogP contribution >= 0.6 is 11.6 Å². The number of pyridine rings is 2. The van der Waals surface area contributed by atoms with Crippen molar-refractivity contribution in [2.45, 2.75) is 39.4 Å². The number of hydrogen-bond donors (Lipinski definition) is 2. The lowest BCUT2D eigenvalue weighted by atomic mass is 10.1. The van der Waals surface area contributed by atoms with Crippen LogP contribution in [-0.4, -0.2) is 90.3 Å². The van der Waals surface area contributed by atoms with E-state index in [1.807, 2.05) is 17.9 Å². The molecular weight excluding hydrogens is 671 g/mol. The Hall–Kier alpha value is -5.03. The smallest absolute Gasteiger partial charge is 0.434 e. The van der Waals surface area contributed by atoms with Gasteiger partial charge in [0.1, 0.15) is 18.0 Å². The van der Waals surface area contributed by atoms with E-state index in [2.05, 4.69) is 25.4 Å². The number of carbonyl (C=O) groups is 2. The van der Waals surface area contributed by atoms with E-state index in [0.717, 1.165) is 16.2 Å². The minimum Gasteiger partial charge on any atom is -0.505 e. The lowest BCUT2D eigenvalue weighted by Crippen LogP contribution is -2.51. The van der Waals surface area contributed by atoms with Crippen molar-refractivity contribution >= 4 is 46.1 Å². The van der Waals surface area contributed by atoms with Crippen molar-refractivity contribution in [3.05, 3.63) is 74.4 Å². The molecule has 2 N–H and O–H groups in total. The summed E-state index contributed by atoms with van der Waals surface area (Å²) >= 11 is 5.87. The molecular formula is C31H31ClF3N9O5. The fourth-order valence-electron chi connectivity index (χ4n) is 5.88. The van der Waals surface area contributed by atoms with Crippen LogP contribution in [0.4, 0.5) is 24.5 Å². The quantitative estimate of drug-likeness (QED) is 0.293. The Bertz CT molecular complexity index is 2040. The molecule has 18 heteroatoms. The molecule has 6 heterocycles. The third kappa shape index (κ3) is 6.67. The summed E-state index contributed by atoms with van der Waals surface area (Å²) in [6.07, 6.45) is -0.732. The van der Waals surface area contributed by atoms with Gasteiger partial charge in [-0.15, -0.1) is 5.10 Å². The van der Waals surface area contributed by atoms with E-state index in [1.165, 1.54) is 30.2 Å². The maximum Gasteiger partial charge on any atom is 0.434 e. The molecule has 2 aliphatic heterocycles. The molecule has 2 aliphatic rings. The number of ether oxygens (including phenoxy) is 1. The Morgan fingerprint density at radius 3 is 2.57 bits per heavy atom. The number of aromatic nitrogens is 6. The number of anilines is 2. The molecule has 6 rings (SSSR count). The third-order valence-electron chi connectivity index (χ3n) is 8.29. The largest absolute Gasteiger partial charge is 0.505 e. The minimum atomic E-state index is -4.78. The lowest BCUT2D eigenvalue weighted by molar-refractivity contribution is -0.141. The van der Waals surface area contributed by atoms with Crippen LogP contribution in [-0.2, 0) is 28.7 Å². The molecule has 0 unspecified atom stereocenters. The van der Waals surface area contributed by atoms with Gasteiger partial charge >= 0.3 is 6.18 Å². The Morgan fingerprint density at radius 2 is 1.92 bits per heavy atom. The number of hydrogen-bond acceptors (Lipinski definition) is 10. The van der Waals surface area contributed by atoms with Crippen LogP contribution in [0.3, 0.4) is 0 Å². The average molecular weight is 702 g/mol. The summed E-state index contributed by atoms with van der Waals surface area (Å²) < 4.78 is 48.1. The molecule has 0 aliphatic carbocycles. The zero-order chi connectivity index (χ0) is 35.0. The molecule has 0 atom stereocenters. The second kappa shape index (κ2) is 13.5. The summed E-state index contributed by atoms with van der Waals surface area (Å²) in [5, 5.41) is 16.6. The Balaban J connectivity index is 1.36. The molecule has 0 bridgehead atoms. The van der Waals surface area contributed by atoms with Crippen LogP contribution in [0.1, 0.15) is 46.7 Å². The van der Waals surface area contributed by atoms with Crippen LogP contribution in [0.2, 0.25) is 5.02 Å². The highest BCUT2D eigenvalue weighted by molar-refractivity contribution is 6.31. The maximum atomic E-state index is 14.1. The first-order valence-corrected chi connectivity index (χ1v) is 15.8. The van der Waals surface area contributed by atoms with Crippen LogP contribution in [0.5, 0.6) is 5.75 Å². The summed E-state index contributed by atoms with van der Waals surface area (Å²) in [7, 11) is 0. The van der Waals surface area contributed by atoms with Crippen molar-refractivity contribution in [2.24, 2.45) is 0 Å². The van der Waals surface area contributed by atoms with Crippen LogP contribution in [0, 0.1) is 6.92 Å². The normalized spacial score (nSPS) is 15.4. The summed E-state index contributed by atoms with van der Waals surface area (Å²) in [6, 6.07) is 3.89. The van der Waals surface area contributed by atoms with Gasteiger partial charge in [0, 0.05) is 32.4 Å². The highest BCUT2D eigenvalue weighted by atomic mass is 35.5. The summed E-state index contributed by atoms with van der Waals surface area (Å²) in [4.78, 5) is 56.3. The molecule has 0 aromatic carbocycles. The average Bonchev–Trinajstić information content (AvgIpc) is 3.53. The van der Waals surface area contributed by atoms with Gasteiger partial charge in [-0.3, -0.25) is 14.4 Å². The van der Waals surface area contributed by atoms with Gasteiger partial charge in [-0.1, -0.05) is 24.6 Å². The number of aromatic hydroxyl groups is 1. The predicted octanol–water partition coefficient (Wildman–Crippen LogP) is 3.33. The SMILES string of the molecule is CCc1c(N2CCN(C(=O)c3ncccc3O)CC2)c(=O)n2nc(C3=CCOCC3)nc2n1CC(=O)Nc1cc(Cl)c(C(F)(F)F)nc1C. The second-order valence-electron chi connectivity index (χ2n) is 11.4. The molecule has 0 spiro atoms. The number of nitrogens with one attached hydrogen (secondary N) is 1. The van der Waals surface area contributed by atoms with Crippen molar-refractivity contribution in [1.82, 2.24) is 34.0 Å². The standard InChI is InChI=1S/C31H31ClF3N9O5/c1-3-21-25(41-9-11-42(12-10-41)28(47)24-22(45)5-4-8-36-24)29(48)44-30(39-27(40-44)18-6-13-49-14-7-18)43(21)16-23(46)38-20-15-19(32)26(31(33,34)35)37-17(20)2/h4-6,8,15,45H,3,7,9-14,16H2,1-2H3,(H,38,46). The van der Waals surface area contributed by atoms with Gasteiger partial charge in [-0.2, -0.15) is 22.7 Å². The monoisotopic (exact) mass is 701 g/mol. The molecule has 2 amide bonds. The van der Waals surface area contributed by atoms with E-state index in [1.54, 1.807) is 4.57 Å². The van der Waals surface area contributed by atoms with E-state index in [9.17, 15) is 32.7 Å². The van der Waals surface area contributed by atoms with Gasteiger partial charge in [0.2, 0.25) is 11.7 Å². The lowest BCUT2D eigenvalue weighted by Gasteiger charge is -2.36. The first-order chi connectivity index (χ1) is 23.4. The molecule has 0 radical (unpaired) electrons. The number of rotatable bonds is 7. The molecule has 258 valence electrons. The maximum absolute atomic E-state index is 14.1. The topological polar surface area (TPSA) is 160 Å². The first kappa shape index (κ1) is 33.9. The minimum absolute atomic E-state index is 0.00686. The summed E-state index contributed by atoms with van der Waals surface area (Å²) in [5.74, 6) is -0.915. The molecule has 49 heavy (non-hydrogen) atoms. The zero-order valence-corrected chi connectivity index (χ0v) is 27.2. The fraction of sp³-hybridized carbons (Fsp3) is 0.387. The number of halogens is 4. The van der Waals surface area contributed by atoms with Crippen LogP contribution in [0.15, 0.2) is 35.3 Å². The number of fused-ring (bicyclic) bond motifs is 1. The number of nitrogens with zero attached hydrogens (tertiary/aromatic N) is 8. The summed E-state index contributed by atoms with van der Waals surface area (Å²) in [6.45, 7) is 4.48. The number of aryl methyl sites for hydroxylation is 1. The van der Waals surface area contributed by atoms with Gasteiger partial charge in [-0.25, -0.2) is 9.97 Å². The third-order valence-corrected chi connectivity index (χ3v) is 8.58. The summed E-state index contributed by atoms with van der Waals surface area (Å²) in [5.41, 5.74) is -0.387. The molecule has 1 fully saturated rings. The van der Waals surface area contributed by atoms with Gasteiger partial charge < -0.3 is 29.5 Å². The molecule has 14 nitrogen and oxygen atoms in total. The molecule has 4 aromatic heterocycles. The highest BCUT2D eigenvalue weighted by Gasteiger charge is 2.36. The van der Waals surface area contributed by atoms with Gasteiger partial charge in [-0.05, 0) is 43.5 Å². The van der Waals surface area contributed by atoms with Crippen LogP contribution < -0.4 is 15.8 Å². The highest BCUT2D eigenvalue weighted by Crippen LogP contribution is 2.35. The Morgan fingerprint density at radius 1 is 1.16 bits per heavy atom. The Labute approximate surface area is 281 Å². The van der Waals surface area contributed by atoms with E-state index in [-0.39, 0.29) is 67.0 Å². The van der Waals surface area contributed by atoms with Gasteiger partial charge in [0.15, 0.2) is 17.2 Å². The van der Waals surface area contributed by atoms with E-state index in [0.29, 0.717) is 37.6 Å². The van der Waals surface area contributed by atoms with Gasteiger partial charge in [0.25, 0.3) is 11.5 Å². The fourth-order valence-corrected chi connectivity index (χ4v) is 6.14. The second-order valence-corrected chi connectivity index (χ2v) is 11.8. The van der Waals surface area contributed by atoms with Crippen molar-refractivity contribution in [3.63, 3.8) is 0 Å². The predicted molar refractivity (Wildman–Crippen MR) is 172 cm³/mol. The van der Waals surface area contributed by atoms with Gasteiger partial charge in [0.05, 0.1) is 35.3 Å². The van der Waals surface area contributed by atoms with Crippen molar-refractivity contribution in [1.29, 1.82) is 0 Å². The van der Waals surface area contributed by atoms with Crippen molar-refractivity contribution < 1.29 is 32.6 Å². The van der Waals surface area contributed by atoms with E-state index >= 15 is 0 Å². The van der Waals surface area contributed by atoms with E-state index < -0.39 is 34.3 Å². The molecule has 0 saturated carbocycles. The number of amides is 2. The van der Waals surface area contributed by atoms with Crippen molar-refractivity contribution in [2.75, 3.05) is 49.6 Å². The molecule has 1 saturated heterocycles. The zero-order valence-electron chi connectivity index (χ0n) is 26.4. The number of piperazine rings is 1. The number of carbonyl (C=O) groups excluding carboxylic acids is 2. The van der Waals surface area contributed by atoms with E-state index in [4.69, 9.17) is 16.3 Å². The Kier molecular flexibility index (Phi) is 9.30. The van der Waals surface area contributed by atoms with Crippen molar-refractivity contribution in [3.8, 4) is 5.75 Å². The van der Waals surface area contributed by atoms with Crippen LogP contribution in [0.25, 0.3) is 11.4 Å².